The van der Waals surface area contributed by atoms with E-state index in [1.165, 1.54) is 6.42 Å². The fourth-order valence-corrected chi connectivity index (χ4v) is 1.26. The highest BCUT2D eigenvalue weighted by Crippen LogP contribution is 2.22. The molecule has 0 spiro atoms. The van der Waals surface area contributed by atoms with Gasteiger partial charge in [0.25, 0.3) is 0 Å². The minimum atomic E-state index is 0.555. The molecular formula is C12H22. The van der Waals surface area contributed by atoms with Gasteiger partial charge in [-0.1, -0.05) is 47.0 Å². The molecule has 0 aliphatic carbocycles. The summed E-state index contributed by atoms with van der Waals surface area (Å²) in [5.74, 6) is 8.54. The first-order chi connectivity index (χ1) is 5.63. The Kier molecular flexibility index (Phi) is 5.89. The van der Waals surface area contributed by atoms with Crippen LogP contribution in [0.15, 0.2) is 0 Å². The van der Waals surface area contributed by atoms with Gasteiger partial charge in [-0.25, -0.2) is 0 Å². The lowest BCUT2D eigenvalue weighted by atomic mass is 9.84. The molecule has 0 nitrogen and oxygen atoms in total. The van der Waals surface area contributed by atoms with E-state index in [1.54, 1.807) is 0 Å². The van der Waals surface area contributed by atoms with Crippen molar-refractivity contribution in [1.82, 2.24) is 0 Å². The van der Waals surface area contributed by atoms with Crippen LogP contribution in [-0.2, 0) is 0 Å². The lowest BCUT2D eigenvalue weighted by Crippen LogP contribution is -2.14. The number of hydrogen-bond donors (Lipinski definition) is 0. The molecule has 0 heteroatoms. The predicted octanol–water partition coefficient (Wildman–Crippen LogP) is 3.72. The van der Waals surface area contributed by atoms with Crippen molar-refractivity contribution < 1.29 is 0 Å². The third-order valence-electron chi connectivity index (χ3n) is 2.84. The average Bonchev–Trinajstić information content (AvgIpc) is 2.11. The third-order valence-corrected chi connectivity index (χ3v) is 2.84. The van der Waals surface area contributed by atoms with Gasteiger partial charge in [0.05, 0.1) is 0 Å². The first kappa shape index (κ1) is 11.6. The van der Waals surface area contributed by atoms with Crippen molar-refractivity contribution in [2.75, 3.05) is 0 Å². The minimum Gasteiger partial charge on any atom is -0.103 e. The standard InChI is InChI=1S/C12H22/c1-6-8-9-11(4)12(5)10(3)7-2/h10-12H,6-7H2,1-5H3. The number of rotatable bonds is 3. The number of hydrogen-bond acceptors (Lipinski definition) is 0. The van der Waals surface area contributed by atoms with Crippen LogP contribution in [0, 0.1) is 29.6 Å². The van der Waals surface area contributed by atoms with E-state index in [-0.39, 0.29) is 0 Å². The normalized spacial score (nSPS) is 17.4. The Labute approximate surface area is 77.8 Å². The van der Waals surface area contributed by atoms with Gasteiger partial charge in [0.2, 0.25) is 0 Å². The summed E-state index contributed by atoms with van der Waals surface area (Å²) in [5.41, 5.74) is 0. The zero-order valence-corrected chi connectivity index (χ0v) is 9.15. The molecule has 0 bridgehead atoms. The Balaban J connectivity index is 3.99. The molecule has 0 aliphatic rings. The molecule has 3 unspecified atom stereocenters. The maximum absolute atomic E-state index is 3.30. The molecule has 0 saturated carbocycles. The molecular weight excluding hydrogens is 144 g/mol. The van der Waals surface area contributed by atoms with E-state index in [2.05, 4.69) is 46.5 Å². The Hall–Kier alpha value is -0.440. The molecule has 0 N–H and O–H groups in total. The van der Waals surface area contributed by atoms with Crippen LogP contribution < -0.4 is 0 Å². The second-order valence-electron chi connectivity index (χ2n) is 3.71. The highest BCUT2D eigenvalue weighted by Gasteiger charge is 2.15. The fraction of sp³-hybridized carbons (Fsp3) is 0.833. The van der Waals surface area contributed by atoms with E-state index in [4.69, 9.17) is 0 Å². The summed E-state index contributed by atoms with van der Waals surface area (Å²) in [6, 6.07) is 0. The van der Waals surface area contributed by atoms with Crippen LogP contribution in [0.1, 0.15) is 47.5 Å². The van der Waals surface area contributed by atoms with Crippen molar-refractivity contribution in [1.29, 1.82) is 0 Å². The molecule has 0 radical (unpaired) electrons. The molecule has 0 aromatic heterocycles. The van der Waals surface area contributed by atoms with Gasteiger partial charge in [0.15, 0.2) is 0 Å². The van der Waals surface area contributed by atoms with E-state index in [9.17, 15) is 0 Å². The predicted molar refractivity (Wildman–Crippen MR) is 55.9 cm³/mol. The molecule has 0 aliphatic heterocycles. The summed E-state index contributed by atoms with van der Waals surface area (Å²) in [6.07, 6.45) is 2.25. The Bertz CT molecular complexity index is 159. The van der Waals surface area contributed by atoms with Crippen molar-refractivity contribution in [2.24, 2.45) is 17.8 Å². The Morgan fingerprint density at radius 2 is 1.67 bits per heavy atom. The topological polar surface area (TPSA) is 0 Å². The molecule has 0 rings (SSSR count). The van der Waals surface area contributed by atoms with E-state index in [0.717, 1.165) is 18.3 Å². The maximum atomic E-state index is 3.30. The van der Waals surface area contributed by atoms with Crippen LogP contribution >= 0.6 is 0 Å². The molecule has 12 heavy (non-hydrogen) atoms. The summed E-state index contributed by atoms with van der Waals surface area (Å²) in [7, 11) is 0. The highest BCUT2D eigenvalue weighted by atomic mass is 14.2. The third kappa shape index (κ3) is 3.81. The smallest absolute Gasteiger partial charge is 0.0202 e. The summed E-state index contributed by atoms with van der Waals surface area (Å²) in [4.78, 5) is 0. The lowest BCUT2D eigenvalue weighted by Gasteiger charge is -2.21. The SMILES string of the molecule is CCC#CC(C)C(C)C(C)CC. The highest BCUT2D eigenvalue weighted by molar-refractivity contribution is 5.03. The van der Waals surface area contributed by atoms with Crippen LogP contribution in [0.5, 0.6) is 0 Å². The monoisotopic (exact) mass is 166 g/mol. The lowest BCUT2D eigenvalue weighted by molar-refractivity contribution is 0.319. The van der Waals surface area contributed by atoms with Gasteiger partial charge >= 0.3 is 0 Å². The summed E-state index contributed by atoms with van der Waals surface area (Å²) < 4.78 is 0. The van der Waals surface area contributed by atoms with Gasteiger partial charge in [-0.3, -0.25) is 0 Å². The van der Waals surface area contributed by atoms with Gasteiger partial charge in [-0.15, -0.1) is 5.92 Å². The zero-order valence-electron chi connectivity index (χ0n) is 9.15. The second-order valence-corrected chi connectivity index (χ2v) is 3.71. The summed E-state index contributed by atoms with van der Waals surface area (Å²) >= 11 is 0. The summed E-state index contributed by atoms with van der Waals surface area (Å²) in [6.45, 7) is 11.2. The molecule has 0 saturated heterocycles. The van der Waals surface area contributed by atoms with Crippen LogP contribution in [0.25, 0.3) is 0 Å². The van der Waals surface area contributed by atoms with Gasteiger partial charge < -0.3 is 0 Å². The largest absolute Gasteiger partial charge is 0.103 e. The van der Waals surface area contributed by atoms with Gasteiger partial charge in [0.1, 0.15) is 0 Å². The van der Waals surface area contributed by atoms with E-state index in [0.29, 0.717) is 5.92 Å². The zero-order chi connectivity index (χ0) is 9.56. The van der Waals surface area contributed by atoms with E-state index >= 15 is 0 Å². The van der Waals surface area contributed by atoms with Crippen LogP contribution in [0.2, 0.25) is 0 Å². The molecule has 3 atom stereocenters. The molecule has 0 aromatic rings. The molecule has 0 fully saturated rings. The Morgan fingerprint density at radius 1 is 1.08 bits per heavy atom. The van der Waals surface area contributed by atoms with Crippen LogP contribution in [0.3, 0.4) is 0 Å². The quantitative estimate of drug-likeness (QED) is 0.561. The fourth-order valence-electron chi connectivity index (χ4n) is 1.26. The first-order valence-electron chi connectivity index (χ1n) is 5.11. The van der Waals surface area contributed by atoms with Crippen LogP contribution in [0.4, 0.5) is 0 Å². The van der Waals surface area contributed by atoms with E-state index < -0.39 is 0 Å². The maximum Gasteiger partial charge on any atom is 0.0202 e. The van der Waals surface area contributed by atoms with Crippen LogP contribution in [-0.4, -0.2) is 0 Å². The first-order valence-corrected chi connectivity index (χ1v) is 5.11. The minimum absolute atomic E-state index is 0.555. The average molecular weight is 166 g/mol. The second kappa shape index (κ2) is 6.12. The van der Waals surface area contributed by atoms with Crippen molar-refractivity contribution in [3.63, 3.8) is 0 Å². The van der Waals surface area contributed by atoms with E-state index in [1.807, 2.05) is 0 Å². The summed E-state index contributed by atoms with van der Waals surface area (Å²) in [5, 5.41) is 0. The molecule has 0 heterocycles. The molecule has 0 amide bonds. The van der Waals surface area contributed by atoms with Gasteiger partial charge in [-0.2, -0.15) is 0 Å². The molecule has 70 valence electrons. The van der Waals surface area contributed by atoms with Gasteiger partial charge in [-0.05, 0) is 11.8 Å². The molecule has 0 aromatic carbocycles. The van der Waals surface area contributed by atoms with Crippen molar-refractivity contribution in [2.45, 2.75) is 47.5 Å². The Morgan fingerprint density at radius 3 is 2.08 bits per heavy atom. The van der Waals surface area contributed by atoms with Crippen molar-refractivity contribution >= 4 is 0 Å². The van der Waals surface area contributed by atoms with Gasteiger partial charge in [0, 0.05) is 12.3 Å². The van der Waals surface area contributed by atoms with Crippen molar-refractivity contribution in [3.05, 3.63) is 0 Å². The van der Waals surface area contributed by atoms with Crippen molar-refractivity contribution in [3.8, 4) is 11.8 Å².